The molecular formula is C18H15N3O. The molecule has 3 rings (SSSR count). The number of para-hydroxylation sites is 2. The predicted octanol–water partition coefficient (Wildman–Crippen LogP) is 3.99. The molecule has 0 fully saturated rings. The largest absolute Gasteiger partial charge is 0.508 e. The van der Waals surface area contributed by atoms with Crippen LogP contribution in [0.4, 0.5) is 5.69 Å². The first-order valence-electron chi connectivity index (χ1n) is 7.03. The molecule has 0 bridgehead atoms. The van der Waals surface area contributed by atoms with Gasteiger partial charge in [0, 0.05) is 22.8 Å². The number of fused-ring (bicyclic) bond motifs is 1. The average Bonchev–Trinajstić information content (AvgIpc) is 2.55. The number of nitrogens with zero attached hydrogens (tertiary/aromatic N) is 2. The number of rotatable bonds is 3. The smallest absolute Gasteiger partial charge is 0.120 e. The zero-order valence-corrected chi connectivity index (χ0v) is 12.1. The lowest BCUT2D eigenvalue weighted by atomic mass is 10.1. The summed E-state index contributed by atoms with van der Waals surface area (Å²) in [5.74, 6) is 0.263. The van der Waals surface area contributed by atoms with Crippen molar-refractivity contribution in [2.75, 3.05) is 5.32 Å². The second-order valence-electron chi connectivity index (χ2n) is 5.10. The lowest BCUT2D eigenvalue weighted by molar-refractivity contribution is 0.465. The topological polar surface area (TPSA) is 68.9 Å². The summed E-state index contributed by atoms with van der Waals surface area (Å²) in [7, 11) is 0. The van der Waals surface area contributed by atoms with Gasteiger partial charge in [-0.3, -0.25) is 4.98 Å². The minimum Gasteiger partial charge on any atom is -0.508 e. The van der Waals surface area contributed by atoms with Gasteiger partial charge in [-0.1, -0.05) is 30.3 Å². The Morgan fingerprint density at radius 2 is 1.95 bits per heavy atom. The Morgan fingerprint density at radius 1 is 1.14 bits per heavy atom. The van der Waals surface area contributed by atoms with Crippen LogP contribution in [0.3, 0.4) is 0 Å². The number of aromatic hydroxyl groups is 1. The van der Waals surface area contributed by atoms with Gasteiger partial charge in [-0.2, -0.15) is 5.26 Å². The third kappa shape index (κ3) is 2.45. The highest BCUT2D eigenvalue weighted by Gasteiger charge is 2.12. The van der Waals surface area contributed by atoms with E-state index in [0.29, 0.717) is 11.1 Å². The molecule has 0 aliphatic rings. The highest BCUT2D eigenvalue weighted by Crippen LogP contribution is 2.30. The van der Waals surface area contributed by atoms with Crippen LogP contribution >= 0.6 is 0 Å². The Bertz CT molecular complexity index is 868. The summed E-state index contributed by atoms with van der Waals surface area (Å²) in [6, 6.07) is 16.8. The van der Waals surface area contributed by atoms with E-state index < -0.39 is 0 Å². The fourth-order valence-corrected chi connectivity index (χ4v) is 2.56. The van der Waals surface area contributed by atoms with Crippen LogP contribution in [0.5, 0.6) is 5.75 Å². The first-order chi connectivity index (χ1) is 10.7. The summed E-state index contributed by atoms with van der Waals surface area (Å²) in [6.45, 7) is 1.98. The SMILES string of the molecule is C[C@H](Nc1ccnc2c(C#N)cccc12)c1ccccc1O. The minimum atomic E-state index is -0.0717. The number of phenolic OH excluding ortho intramolecular Hbond substituents is 1. The van der Waals surface area contributed by atoms with Crippen molar-refractivity contribution < 1.29 is 5.11 Å². The van der Waals surface area contributed by atoms with E-state index in [4.69, 9.17) is 0 Å². The van der Waals surface area contributed by atoms with Crippen LogP contribution in [0.2, 0.25) is 0 Å². The van der Waals surface area contributed by atoms with Gasteiger partial charge in [0.1, 0.15) is 11.8 Å². The molecule has 2 aromatic carbocycles. The van der Waals surface area contributed by atoms with E-state index in [0.717, 1.165) is 16.6 Å². The van der Waals surface area contributed by atoms with Crippen molar-refractivity contribution >= 4 is 16.6 Å². The normalized spacial score (nSPS) is 11.8. The molecule has 1 heterocycles. The second-order valence-corrected chi connectivity index (χ2v) is 5.10. The van der Waals surface area contributed by atoms with Gasteiger partial charge in [-0.15, -0.1) is 0 Å². The van der Waals surface area contributed by atoms with Crippen molar-refractivity contribution in [3.63, 3.8) is 0 Å². The Hall–Kier alpha value is -3.06. The molecule has 4 heteroatoms. The molecule has 1 atom stereocenters. The van der Waals surface area contributed by atoms with Crippen molar-refractivity contribution in [1.29, 1.82) is 5.26 Å². The maximum Gasteiger partial charge on any atom is 0.120 e. The van der Waals surface area contributed by atoms with Crippen molar-refractivity contribution in [3.05, 3.63) is 65.9 Å². The number of phenols is 1. The van der Waals surface area contributed by atoms with Gasteiger partial charge < -0.3 is 10.4 Å². The van der Waals surface area contributed by atoms with Crippen LogP contribution in [-0.4, -0.2) is 10.1 Å². The number of nitrogens with one attached hydrogen (secondary N) is 1. The lowest BCUT2D eigenvalue weighted by Gasteiger charge is -2.18. The van der Waals surface area contributed by atoms with E-state index in [-0.39, 0.29) is 11.8 Å². The van der Waals surface area contributed by atoms with Crippen LogP contribution in [0.1, 0.15) is 24.1 Å². The molecule has 108 valence electrons. The van der Waals surface area contributed by atoms with E-state index in [2.05, 4.69) is 16.4 Å². The Kier molecular flexibility index (Phi) is 3.63. The molecule has 0 saturated carbocycles. The first-order valence-corrected chi connectivity index (χ1v) is 7.03. The van der Waals surface area contributed by atoms with Gasteiger partial charge in [0.05, 0.1) is 17.1 Å². The zero-order chi connectivity index (χ0) is 15.5. The van der Waals surface area contributed by atoms with E-state index >= 15 is 0 Å². The standard InChI is InChI=1S/C18H15N3O/c1-12(14-6-2-3-8-17(14)22)21-16-9-10-20-18-13(11-19)5-4-7-15(16)18/h2-10,12,22H,1H3,(H,20,21)/t12-/m0/s1. The molecule has 4 nitrogen and oxygen atoms in total. The van der Waals surface area contributed by atoms with Crippen LogP contribution in [0.15, 0.2) is 54.7 Å². The fourth-order valence-electron chi connectivity index (χ4n) is 2.56. The number of pyridine rings is 1. The summed E-state index contributed by atoms with van der Waals surface area (Å²) in [5, 5.41) is 23.4. The molecule has 0 amide bonds. The Labute approximate surface area is 128 Å². The maximum absolute atomic E-state index is 9.96. The molecule has 0 radical (unpaired) electrons. The maximum atomic E-state index is 9.96. The zero-order valence-electron chi connectivity index (χ0n) is 12.1. The molecular weight excluding hydrogens is 274 g/mol. The summed E-state index contributed by atoms with van der Waals surface area (Å²) in [4.78, 5) is 4.30. The average molecular weight is 289 g/mol. The fraction of sp³-hybridized carbons (Fsp3) is 0.111. The van der Waals surface area contributed by atoms with Crippen LogP contribution in [-0.2, 0) is 0 Å². The molecule has 22 heavy (non-hydrogen) atoms. The van der Waals surface area contributed by atoms with Gasteiger partial charge in [0.15, 0.2) is 0 Å². The van der Waals surface area contributed by atoms with Crippen molar-refractivity contribution in [3.8, 4) is 11.8 Å². The number of aromatic nitrogens is 1. The van der Waals surface area contributed by atoms with Crippen molar-refractivity contribution in [2.45, 2.75) is 13.0 Å². The Morgan fingerprint density at radius 3 is 2.73 bits per heavy atom. The lowest BCUT2D eigenvalue weighted by Crippen LogP contribution is -2.07. The van der Waals surface area contributed by atoms with Gasteiger partial charge in [-0.05, 0) is 25.1 Å². The summed E-state index contributed by atoms with van der Waals surface area (Å²) in [5.41, 5.74) is 2.94. The highest BCUT2D eigenvalue weighted by atomic mass is 16.3. The molecule has 3 aromatic rings. The number of hydrogen-bond acceptors (Lipinski definition) is 4. The van der Waals surface area contributed by atoms with Gasteiger partial charge in [0.25, 0.3) is 0 Å². The van der Waals surface area contributed by atoms with E-state index in [1.165, 1.54) is 0 Å². The number of anilines is 1. The quantitative estimate of drug-likeness (QED) is 0.765. The van der Waals surface area contributed by atoms with Crippen LogP contribution < -0.4 is 5.32 Å². The first kappa shape index (κ1) is 13.9. The molecule has 0 aliphatic carbocycles. The molecule has 0 saturated heterocycles. The summed E-state index contributed by atoms with van der Waals surface area (Å²) in [6.07, 6.45) is 1.68. The number of benzene rings is 2. The van der Waals surface area contributed by atoms with Gasteiger partial charge >= 0.3 is 0 Å². The van der Waals surface area contributed by atoms with E-state index in [1.54, 1.807) is 24.4 Å². The van der Waals surface area contributed by atoms with Crippen molar-refractivity contribution in [2.24, 2.45) is 0 Å². The number of nitriles is 1. The van der Waals surface area contributed by atoms with E-state index in [9.17, 15) is 10.4 Å². The minimum absolute atomic E-state index is 0.0717. The van der Waals surface area contributed by atoms with Crippen LogP contribution in [0, 0.1) is 11.3 Å². The second kappa shape index (κ2) is 5.74. The summed E-state index contributed by atoms with van der Waals surface area (Å²) < 4.78 is 0. The van der Waals surface area contributed by atoms with E-state index in [1.807, 2.05) is 37.3 Å². The molecule has 2 N–H and O–H groups in total. The molecule has 0 unspecified atom stereocenters. The predicted molar refractivity (Wildman–Crippen MR) is 86.6 cm³/mol. The summed E-state index contributed by atoms with van der Waals surface area (Å²) >= 11 is 0. The highest BCUT2D eigenvalue weighted by molar-refractivity contribution is 5.94. The number of hydrogen-bond donors (Lipinski definition) is 2. The van der Waals surface area contributed by atoms with Crippen LogP contribution in [0.25, 0.3) is 10.9 Å². The third-order valence-electron chi connectivity index (χ3n) is 3.67. The Balaban J connectivity index is 2.02. The monoisotopic (exact) mass is 289 g/mol. The van der Waals surface area contributed by atoms with Gasteiger partial charge in [0.2, 0.25) is 0 Å². The third-order valence-corrected chi connectivity index (χ3v) is 3.67. The van der Waals surface area contributed by atoms with Gasteiger partial charge in [-0.25, -0.2) is 0 Å². The van der Waals surface area contributed by atoms with Crippen molar-refractivity contribution in [1.82, 2.24) is 4.98 Å². The molecule has 0 spiro atoms. The molecule has 1 aromatic heterocycles. The molecule has 0 aliphatic heterocycles.